The Labute approximate surface area is 147 Å². The third kappa shape index (κ3) is 2.38. The highest BCUT2D eigenvalue weighted by atomic mass is 16.5. The molecule has 1 N–H and O–H groups in total. The van der Waals surface area contributed by atoms with Gasteiger partial charge in [-0.1, -0.05) is 6.07 Å². The summed E-state index contributed by atoms with van der Waals surface area (Å²) in [6.07, 6.45) is 3.05. The SMILES string of the molecule is COc1cc2c(cc1OC)C1=Cc3ccc(OC)c(O)c3CN1CC2. The molecule has 0 fully saturated rings. The summed E-state index contributed by atoms with van der Waals surface area (Å²) >= 11 is 0. The van der Waals surface area contributed by atoms with E-state index >= 15 is 0 Å². The highest BCUT2D eigenvalue weighted by Crippen LogP contribution is 2.44. The van der Waals surface area contributed by atoms with Gasteiger partial charge < -0.3 is 24.2 Å². The summed E-state index contributed by atoms with van der Waals surface area (Å²) < 4.78 is 16.1. The standard InChI is InChI=1S/C20H21NO4/c1-23-17-5-4-12-8-16-14-10-19(25-3)18(24-2)9-13(14)6-7-21(16)11-15(12)20(17)22/h4-5,8-10,22H,6-7,11H2,1-3H3. The minimum atomic E-state index is 0.230. The summed E-state index contributed by atoms with van der Waals surface area (Å²) in [6.45, 7) is 1.56. The van der Waals surface area contributed by atoms with Crippen molar-refractivity contribution >= 4 is 11.8 Å². The van der Waals surface area contributed by atoms with Crippen LogP contribution in [0.4, 0.5) is 0 Å². The summed E-state index contributed by atoms with van der Waals surface area (Å²) in [5, 5.41) is 10.5. The molecule has 0 saturated heterocycles. The molecule has 2 aliphatic rings. The van der Waals surface area contributed by atoms with Crippen molar-refractivity contribution in [3.63, 3.8) is 0 Å². The average molecular weight is 339 g/mol. The lowest BCUT2D eigenvalue weighted by atomic mass is 9.90. The number of hydrogen-bond donors (Lipinski definition) is 1. The molecule has 4 rings (SSSR count). The van der Waals surface area contributed by atoms with Crippen LogP contribution in [0.15, 0.2) is 24.3 Å². The summed E-state index contributed by atoms with van der Waals surface area (Å²) in [7, 11) is 4.88. The van der Waals surface area contributed by atoms with E-state index in [0.717, 1.165) is 46.9 Å². The number of methoxy groups -OCH3 is 3. The molecule has 25 heavy (non-hydrogen) atoms. The Bertz CT molecular complexity index is 872. The van der Waals surface area contributed by atoms with Crippen LogP contribution in [0.5, 0.6) is 23.0 Å². The van der Waals surface area contributed by atoms with Gasteiger partial charge in [-0.25, -0.2) is 0 Å². The molecule has 0 aliphatic carbocycles. The van der Waals surface area contributed by atoms with Gasteiger partial charge >= 0.3 is 0 Å². The van der Waals surface area contributed by atoms with Crippen LogP contribution in [0.2, 0.25) is 0 Å². The number of aromatic hydroxyl groups is 1. The first-order valence-electron chi connectivity index (χ1n) is 8.27. The Morgan fingerprint density at radius 3 is 2.40 bits per heavy atom. The van der Waals surface area contributed by atoms with Gasteiger partial charge in [0.2, 0.25) is 0 Å². The Morgan fingerprint density at radius 1 is 0.960 bits per heavy atom. The first-order valence-corrected chi connectivity index (χ1v) is 8.27. The van der Waals surface area contributed by atoms with E-state index in [1.54, 1.807) is 27.4 Å². The number of rotatable bonds is 3. The first kappa shape index (κ1) is 15.7. The molecule has 130 valence electrons. The Kier molecular flexibility index (Phi) is 3.71. The fourth-order valence-electron chi connectivity index (χ4n) is 3.68. The molecular weight excluding hydrogens is 318 g/mol. The molecule has 0 unspecified atom stereocenters. The number of benzene rings is 2. The largest absolute Gasteiger partial charge is 0.504 e. The minimum absolute atomic E-state index is 0.230. The van der Waals surface area contributed by atoms with E-state index in [1.165, 1.54) is 5.56 Å². The van der Waals surface area contributed by atoms with Crippen LogP contribution >= 0.6 is 0 Å². The molecule has 2 heterocycles. The second-order valence-corrected chi connectivity index (χ2v) is 6.25. The number of nitrogens with zero attached hydrogens (tertiary/aromatic N) is 1. The third-order valence-corrected chi connectivity index (χ3v) is 5.02. The molecule has 2 aromatic carbocycles. The highest BCUT2D eigenvalue weighted by molar-refractivity contribution is 5.87. The van der Waals surface area contributed by atoms with Crippen molar-refractivity contribution < 1.29 is 19.3 Å². The summed E-state index contributed by atoms with van der Waals surface area (Å²) in [5.41, 5.74) is 5.49. The van der Waals surface area contributed by atoms with Gasteiger partial charge in [-0.05, 0) is 41.8 Å². The van der Waals surface area contributed by atoms with Gasteiger partial charge in [0.1, 0.15) is 0 Å². The molecule has 5 heteroatoms. The lowest BCUT2D eigenvalue weighted by molar-refractivity contribution is 0.343. The monoisotopic (exact) mass is 339 g/mol. The van der Waals surface area contributed by atoms with Crippen LogP contribution in [-0.4, -0.2) is 37.9 Å². The summed E-state index contributed by atoms with van der Waals surface area (Å²) in [4.78, 5) is 2.29. The fraction of sp³-hybridized carbons (Fsp3) is 0.300. The number of phenolic OH excluding ortho intramolecular Hbond substituents is 1. The van der Waals surface area contributed by atoms with Gasteiger partial charge in [-0.2, -0.15) is 0 Å². The van der Waals surface area contributed by atoms with Gasteiger partial charge in [-0.15, -0.1) is 0 Å². The number of ether oxygens (including phenoxy) is 3. The van der Waals surface area contributed by atoms with Gasteiger partial charge in [0.15, 0.2) is 23.0 Å². The van der Waals surface area contributed by atoms with E-state index in [2.05, 4.69) is 17.0 Å². The summed E-state index contributed by atoms with van der Waals surface area (Å²) in [5.74, 6) is 2.23. The first-order chi connectivity index (χ1) is 12.2. The van der Waals surface area contributed by atoms with Gasteiger partial charge in [-0.3, -0.25) is 0 Å². The number of hydrogen-bond acceptors (Lipinski definition) is 5. The van der Waals surface area contributed by atoms with Crippen molar-refractivity contribution in [1.82, 2.24) is 4.90 Å². The Balaban J connectivity index is 1.86. The maximum Gasteiger partial charge on any atom is 0.163 e. The smallest absolute Gasteiger partial charge is 0.163 e. The quantitative estimate of drug-likeness (QED) is 0.930. The molecular formula is C20H21NO4. The maximum atomic E-state index is 10.5. The predicted molar refractivity (Wildman–Crippen MR) is 96.2 cm³/mol. The molecule has 0 atom stereocenters. The molecule has 2 aliphatic heterocycles. The predicted octanol–water partition coefficient (Wildman–Crippen LogP) is 3.29. The molecule has 0 saturated carbocycles. The number of fused-ring (bicyclic) bond motifs is 4. The molecule has 5 nitrogen and oxygen atoms in total. The highest BCUT2D eigenvalue weighted by Gasteiger charge is 2.28. The maximum absolute atomic E-state index is 10.5. The minimum Gasteiger partial charge on any atom is -0.504 e. The fourth-order valence-corrected chi connectivity index (χ4v) is 3.68. The van der Waals surface area contributed by atoms with Gasteiger partial charge in [0.25, 0.3) is 0 Å². The van der Waals surface area contributed by atoms with Crippen molar-refractivity contribution in [2.24, 2.45) is 0 Å². The lowest BCUT2D eigenvalue weighted by Crippen LogP contribution is -2.31. The number of phenols is 1. The Morgan fingerprint density at radius 2 is 1.68 bits per heavy atom. The van der Waals surface area contributed by atoms with Crippen LogP contribution < -0.4 is 14.2 Å². The van der Waals surface area contributed by atoms with Crippen LogP contribution in [0.3, 0.4) is 0 Å². The van der Waals surface area contributed by atoms with Crippen LogP contribution in [0.1, 0.15) is 22.3 Å². The van der Waals surface area contributed by atoms with Crippen LogP contribution in [-0.2, 0) is 13.0 Å². The van der Waals surface area contributed by atoms with E-state index < -0.39 is 0 Å². The zero-order valence-corrected chi connectivity index (χ0v) is 14.6. The lowest BCUT2D eigenvalue weighted by Gasteiger charge is -2.37. The van der Waals surface area contributed by atoms with Crippen molar-refractivity contribution in [1.29, 1.82) is 0 Å². The third-order valence-electron chi connectivity index (χ3n) is 5.02. The molecule has 2 aromatic rings. The zero-order valence-electron chi connectivity index (χ0n) is 14.6. The Hall–Kier alpha value is -2.82. The molecule has 0 radical (unpaired) electrons. The van der Waals surface area contributed by atoms with Gasteiger partial charge in [0, 0.05) is 29.9 Å². The normalized spacial score (nSPS) is 14.8. The molecule has 0 spiro atoms. The van der Waals surface area contributed by atoms with Crippen molar-refractivity contribution in [3.8, 4) is 23.0 Å². The van der Waals surface area contributed by atoms with Crippen molar-refractivity contribution in [2.45, 2.75) is 13.0 Å². The van der Waals surface area contributed by atoms with E-state index in [4.69, 9.17) is 14.2 Å². The second kappa shape index (κ2) is 5.92. The molecule has 0 aromatic heterocycles. The van der Waals surface area contributed by atoms with E-state index in [-0.39, 0.29) is 5.75 Å². The van der Waals surface area contributed by atoms with Crippen LogP contribution in [0, 0.1) is 0 Å². The molecule has 0 amide bonds. The van der Waals surface area contributed by atoms with E-state index in [0.29, 0.717) is 12.3 Å². The van der Waals surface area contributed by atoms with Gasteiger partial charge in [0.05, 0.1) is 21.3 Å². The van der Waals surface area contributed by atoms with E-state index in [9.17, 15) is 5.11 Å². The average Bonchev–Trinajstić information content (AvgIpc) is 2.66. The van der Waals surface area contributed by atoms with Crippen molar-refractivity contribution in [3.05, 3.63) is 46.5 Å². The van der Waals surface area contributed by atoms with Crippen LogP contribution in [0.25, 0.3) is 11.8 Å². The van der Waals surface area contributed by atoms with E-state index in [1.807, 2.05) is 12.1 Å². The van der Waals surface area contributed by atoms with Crippen molar-refractivity contribution in [2.75, 3.05) is 27.9 Å². The zero-order chi connectivity index (χ0) is 17.6. The summed E-state index contributed by atoms with van der Waals surface area (Å²) in [6, 6.07) is 7.90. The topological polar surface area (TPSA) is 51.2 Å². The second-order valence-electron chi connectivity index (χ2n) is 6.25. The molecule has 0 bridgehead atoms.